The summed E-state index contributed by atoms with van der Waals surface area (Å²) in [6.45, 7) is 1.39. The van der Waals surface area contributed by atoms with Crippen LogP contribution in [-0.4, -0.2) is 23.7 Å². The molecule has 0 heterocycles. The molecule has 0 aromatic heterocycles. The summed E-state index contributed by atoms with van der Waals surface area (Å²) >= 11 is 5.65. The molecule has 0 saturated heterocycles. The molecule has 0 aliphatic carbocycles. The Labute approximate surface area is 108 Å². The van der Waals surface area contributed by atoms with Crippen molar-refractivity contribution >= 4 is 29.3 Å². The summed E-state index contributed by atoms with van der Waals surface area (Å²) in [7, 11) is 0. The Bertz CT molecular complexity index is 468. The largest absolute Gasteiger partial charge is 0.481 e. The van der Waals surface area contributed by atoms with Gasteiger partial charge in [0.2, 0.25) is 0 Å². The number of carbonyl (C=O) groups excluding carboxylic acids is 1. The molecule has 1 aromatic carbocycles. The number of hydrogen-bond donors (Lipinski definition) is 3. The van der Waals surface area contributed by atoms with Gasteiger partial charge in [0.1, 0.15) is 5.82 Å². The van der Waals surface area contributed by atoms with Gasteiger partial charge >= 0.3 is 12.0 Å². The lowest BCUT2D eigenvalue weighted by atomic mass is 10.2. The highest BCUT2D eigenvalue weighted by molar-refractivity contribution is 6.30. The van der Waals surface area contributed by atoms with Crippen LogP contribution in [0.5, 0.6) is 0 Å². The van der Waals surface area contributed by atoms with Gasteiger partial charge in [-0.1, -0.05) is 18.5 Å². The highest BCUT2D eigenvalue weighted by Gasteiger charge is 2.13. The van der Waals surface area contributed by atoms with E-state index < -0.39 is 23.7 Å². The molecule has 18 heavy (non-hydrogen) atoms. The predicted octanol–water partition coefficient (Wildman–Crippen LogP) is 2.32. The van der Waals surface area contributed by atoms with Crippen LogP contribution in [-0.2, 0) is 4.79 Å². The van der Waals surface area contributed by atoms with Gasteiger partial charge in [-0.15, -0.1) is 0 Å². The van der Waals surface area contributed by atoms with Crippen LogP contribution in [0.3, 0.4) is 0 Å². The standard InChI is InChI=1S/C11H12ClFN2O3/c1-6(10(16)17)5-14-11(18)15-9-4-7(12)2-3-8(9)13/h2-4,6H,5H2,1H3,(H,16,17)(H2,14,15,18). The predicted molar refractivity (Wildman–Crippen MR) is 65.2 cm³/mol. The maximum Gasteiger partial charge on any atom is 0.319 e. The molecule has 0 spiro atoms. The number of hydrogen-bond acceptors (Lipinski definition) is 2. The van der Waals surface area contributed by atoms with E-state index >= 15 is 0 Å². The Morgan fingerprint density at radius 1 is 1.50 bits per heavy atom. The molecule has 7 heteroatoms. The van der Waals surface area contributed by atoms with Gasteiger partial charge in [-0.3, -0.25) is 4.79 Å². The second kappa shape index (κ2) is 6.20. The van der Waals surface area contributed by atoms with Gasteiger partial charge in [0.05, 0.1) is 11.6 Å². The van der Waals surface area contributed by atoms with Crippen LogP contribution >= 0.6 is 11.6 Å². The topological polar surface area (TPSA) is 78.4 Å². The average molecular weight is 275 g/mol. The maximum absolute atomic E-state index is 13.3. The molecule has 0 saturated carbocycles. The zero-order valence-electron chi connectivity index (χ0n) is 9.54. The molecule has 3 N–H and O–H groups in total. The smallest absolute Gasteiger partial charge is 0.319 e. The molecule has 5 nitrogen and oxygen atoms in total. The SMILES string of the molecule is CC(CNC(=O)Nc1cc(Cl)ccc1F)C(=O)O. The lowest BCUT2D eigenvalue weighted by Crippen LogP contribution is -2.34. The first-order valence-electron chi connectivity index (χ1n) is 5.13. The molecule has 0 bridgehead atoms. The molecule has 0 aliphatic heterocycles. The number of urea groups is 1. The molecule has 98 valence electrons. The van der Waals surface area contributed by atoms with E-state index in [0.717, 1.165) is 6.07 Å². The Kier molecular flexibility index (Phi) is 4.91. The van der Waals surface area contributed by atoms with Crippen LogP contribution in [0.2, 0.25) is 5.02 Å². The zero-order valence-corrected chi connectivity index (χ0v) is 10.3. The number of amides is 2. The number of carboxylic acids is 1. The number of halogens is 2. The molecule has 1 atom stereocenters. The van der Waals surface area contributed by atoms with Crippen LogP contribution in [0, 0.1) is 11.7 Å². The lowest BCUT2D eigenvalue weighted by Gasteiger charge is -2.10. The number of benzene rings is 1. The van der Waals surface area contributed by atoms with Crippen molar-refractivity contribution in [1.82, 2.24) is 5.32 Å². The third-order valence-corrected chi connectivity index (χ3v) is 2.40. The monoisotopic (exact) mass is 274 g/mol. The van der Waals surface area contributed by atoms with E-state index in [1.54, 1.807) is 0 Å². The molecule has 1 aromatic rings. The van der Waals surface area contributed by atoms with Crippen molar-refractivity contribution in [3.05, 3.63) is 29.0 Å². The third kappa shape index (κ3) is 4.21. The summed E-state index contributed by atoms with van der Waals surface area (Å²) in [4.78, 5) is 21.9. The first kappa shape index (κ1) is 14.2. The summed E-state index contributed by atoms with van der Waals surface area (Å²) in [5.41, 5.74) is -0.0667. The third-order valence-electron chi connectivity index (χ3n) is 2.17. The number of nitrogens with one attached hydrogen (secondary N) is 2. The van der Waals surface area contributed by atoms with Gasteiger partial charge in [-0.2, -0.15) is 0 Å². The van der Waals surface area contributed by atoms with E-state index in [1.807, 2.05) is 0 Å². The minimum Gasteiger partial charge on any atom is -0.481 e. The van der Waals surface area contributed by atoms with Gasteiger partial charge in [0, 0.05) is 11.6 Å². The van der Waals surface area contributed by atoms with Gasteiger partial charge < -0.3 is 15.7 Å². The summed E-state index contributed by atoms with van der Waals surface area (Å²) in [5.74, 6) is -2.37. The van der Waals surface area contributed by atoms with Crippen molar-refractivity contribution in [3.8, 4) is 0 Å². The molecule has 1 rings (SSSR count). The Morgan fingerprint density at radius 3 is 2.78 bits per heavy atom. The van der Waals surface area contributed by atoms with Crippen LogP contribution in [0.4, 0.5) is 14.9 Å². The van der Waals surface area contributed by atoms with E-state index in [1.165, 1.54) is 19.1 Å². The normalized spacial score (nSPS) is 11.7. The molecule has 1 unspecified atom stereocenters. The molecular formula is C11H12ClFN2O3. The number of carbonyl (C=O) groups is 2. The second-order valence-electron chi connectivity index (χ2n) is 3.70. The maximum atomic E-state index is 13.3. The van der Waals surface area contributed by atoms with Gasteiger partial charge in [-0.05, 0) is 18.2 Å². The van der Waals surface area contributed by atoms with E-state index in [2.05, 4.69) is 10.6 Å². The first-order chi connectivity index (χ1) is 8.40. The number of carboxylic acid groups (broad SMARTS) is 1. The van der Waals surface area contributed by atoms with Crippen LogP contribution < -0.4 is 10.6 Å². The molecule has 0 radical (unpaired) electrons. The molecule has 0 aliphatic rings. The van der Waals surface area contributed by atoms with Gasteiger partial charge in [0.25, 0.3) is 0 Å². The fraction of sp³-hybridized carbons (Fsp3) is 0.273. The van der Waals surface area contributed by atoms with E-state index in [4.69, 9.17) is 16.7 Å². The van der Waals surface area contributed by atoms with Crippen molar-refractivity contribution in [1.29, 1.82) is 0 Å². The quantitative estimate of drug-likeness (QED) is 0.788. The van der Waals surface area contributed by atoms with E-state index in [0.29, 0.717) is 0 Å². The highest BCUT2D eigenvalue weighted by Crippen LogP contribution is 2.19. The Balaban J connectivity index is 2.54. The fourth-order valence-electron chi connectivity index (χ4n) is 1.09. The molecular weight excluding hydrogens is 263 g/mol. The van der Waals surface area contributed by atoms with Crippen molar-refractivity contribution in [3.63, 3.8) is 0 Å². The van der Waals surface area contributed by atoms with Crippen LogP contribution in [0.15, 0.2) is 18.2 Å². The number of aliphatic carboxylic acids is 1. The van der Waals surface area contributed by atoms with Crippen LogP contribution in [0.1, 0.15) is 6.92 Å². The van der Waals surface area contributed by atoms with Crippen molar-refractivity contribution in [2.75, 3.05) is 11.9 Å². The average Bonchev–Trinajstić information content (AvgIpc) is 2.30. The van der Waals surface area contributed by atoms with Crippen molar-refractivity contribution < 1.29 is 19.1 Å². The van der Waals surface area contributed by atoms with Crippen molar-refractivity contribution in [2.24, 2.45) is 5.92 Å². The second-order valence-corrected chi connectivity index (χ2v) is 4.13. The number of anilines is 1. The highest BCUT2D eigenvalue weighted by atomic mass is 35.5. The van der Waals surface area contributed by atoms with Gasteiger partial charge in [-0.25, -0.2) is 9.18 Å². The van der Waals surface area contributed by atoms with Crippen LogP contribution in [0.25, 0.3) is 0 Å². The Morgan fingerprint density at radius 2 is 2.17 bits per heavy atom. The Hall–Kier alpha value is -1.82. The zero-order chi connectivity index (χ0) is 13.7. The minimum atomic E-state index is -1.02. The first-order valence-corrected chi connectivity index (χ1v) is 5.50. The summed E-state index contributed by atoms with van der Waals surface area (Å²) in [6, 6.07) is 3.05. The summed E-state index contributed by atoms with van der Waals surface area (Å²) in [6.07, 6.45) is 0. The van der Waals surface area contributed by atoms with Crippen molar-refractivity contribution in [2.45, 2.75) is 6.92 Å². The summed E-state index contributed by atoms with van der Waals surface area (Å²) in [5, 5.41) is 13.5. The minimum absolute atomic E-state index is 0.0522. The lowest BCUT2D eigenvalue weighted by molar-refractivity contribution is -0.140. The molecule has 2 amide bonds. The van der Waals surface area contributed by atoms with E-state index in [9.17, 15) is 14.0 Å². The fourth-order valence-corrected chi connectivity index (χ4v) is 1.26. The number of rotatable bonds is 4. The van der Waals surface area contributed by atoms with Gasteiger partial charge in [0.15, 0.2) is 0 Å². The molecule has 0 fully saturated rings. The summed E-state index contributed by atoms with van der Waals surface area (Å²) < 4.78 is 13.3. The van der Waals surface area contributed by atoms with E-state index in [-0.39, 0.29) is 17.3 Å².